The number of halogens is 2. The first-order chi connectivity index (χ1) is 12.6. The zero-order chi connectivity index (χ0) is 18.5. The van der Waals surface area contributed by atoms with E-state index in [4.69, 9.17) is 27.9 Å². The van der Waals surface area contributed by atoms with Gasteiger partial charge in [-0.25, -0.2) is 16.3 Å². The number of hydrazine groups is 1. The lowest BCUT2D eigenvalue weighted by Gasteiger charge is -2.10. The SMILES string of the molecule is COc1ccc(/C=N/NC(=O)C2CC(c3ccc(Cl)c(Cl)c3)NN2)cc1. The predicted octanol–water partition coefficient (Wildman–Crippen LogP) is 3.06. The molecule has 1 saturated heterocycles. The maximum absolute atomic E-state index is 12.2. The predicted molar refractivity (Wildman–Crippen MR) is 103 cm³/mol. The number of carbonyl (C=O) groups excluding carboxylic acids is 1. The molecule has 2 atom stereocenters. The molecule has 6 nitrogen and oxygen atoms in total. The molecule has 26 heavy (non-hydrogen) atoms. The fraction of sp³-hybridized carbons (Fsp3) is 0.222. The number of hydrazone groups is 1. The Labute approximate surface area is 161 Å². The minimum absolute atomic E-state index is 0.0360. The summed E-state index contributed by atoms with van der Waals surface area (Å²) in [6.07, 6.45) is 2.15. The molecular weight excluding hydrogens is 375 g/mol. The van der Waals surface area contributed by atoms with Crippen LogP contribution in [-0.2, 0) is 4.79 Å². The molecule has 8 heteroatoms. The van der Waals surface area contributed by atoms with E-state index in [9.17, 15) is 4.79 Å². The highest BCUT2D eigenvalue weighted by Gasteiger charge is 2.30. The van der Waals surface area contributed by atoms with Crippen molar-refractivity contribution in [2.45, 2.75) is 18.5 Å². The first-order valence-corrected chi connectivity index (χ1v) is 8.75. The minimum Gasteiger partial charge on any atom is -0.497 e. The maximum atomic E-state index is 12.2. The lowest BCUT2D eigenvalue weighted by atomic mass is 10.0. The van der Waals surface area contributed by atoms with Crippen LogP contribution in [0.2, 0.25) is 10.0 Å². The Kier molecular flexibility index (Phi) is 6.11. The second-order valence-electron chi connectivity index (χ2n) is 5.81. The standard InChI is InChI=1S/C18H18Cl2N4O2/c1-26-13-5-2-11(3-6-13)10-21-24-18(25)17-9-16(22-23-17)12-4-7-14(19)15(20)8-12/h2-8,10,16-17,22-23H,9H2,1H3,(H,24,25)/b21-10+. The lowest BCUT2D eigenvalue weighted by molar-refractivity contribution is -0.122. The Morgan fingerprint density at radius 3 is 2.65 bits per heavy atom. The Morgan fingerprint density at radius 1 is 1.19 bits per heavy atom. The monoisotopic (exact) mass is 392 g/mol. The van der Waals surface area contributed by atoms with Gasteiger partial charge in [-0.2, -0.15) is 5.10 Å². The van der Waals surface area contributed by atoms with Crippen molar-refractivity contribution in [1.29, 1.82) is 0 Å². The molecule has 1 fully saturated rings. The normalized spacial score (nSPS) is 19.7. The van der Waals surface area contributed by atoms with E-state index in [1.54, 1.807) is 25.5 Å². The van der Waals surface area contributed by atoms with Gasteiger partial charge in [0.1, 0.15) is 11.8 Å². The fourth-order valence-corrected chi connectivity index (χ4v) is 2.92. The molecule has 0 saturated carbocycles. The number of nitrogens with one attached hydrogen (secondary N) is 3. The van der Waals surface area contributed by atoms with Crippen molar-refractivity contribution in [3.63, 3.8) is 0 Å². The van der Waals surface area contributed by atoms with Gasteiger partial charge >= 0.3 is 0 Å². The van der Waals surface area contributed by atoms with Crippen molar-refractivity contribution in [2.75, 3.05) is 7.11 Å². The first-order valence-electron chi connectivity index (χ1n) is 8.00. The van der Waals surface area contributed by atoms with E-state index in [1.807, 2.05) is 30.3 Å². The summed E-state index contributed by atoms with van der Waals surface area (Å²) in [5.74, 6) is 0.547. The van der Waals surface area contributed by atoms with E-state index >= 15 is 0 Å². The highest BCUT2D eigenvalue weighted by atomic mass is 35.5. The first kappa shape index (κ1) is 18.7. The van der Waals surface area contributed by atoms with Crippen molar-refractivity contribution in [3.8, 4) is 5.75 Å². The third kappa shape index (κ3) is 4.53. The number of amides is 1. The van der Waals surface area contributed by atoms with E-state index < -0.39 is 6.04 Å². The fourth-order valence-electron chi connectivity index (χ4n) is 2.61. The van der Waals surface area contributed by atoms with Crippen LogP contribution in [0.4, 0.5) is 0 Å². The zero-order valence-corrected chi connectivity index (χ0v) is 15.5. The van der Waals surface area contributed by atoms with Crippen molar-refractivity contribution < 1.29 is 9.53 Å². The minimum atomic E-state index is -0.400. The molecular formula is C18H18Cl2N4O2. The third-order valence-electron chi connectivity index (χ3n) is 4.07. The third-order valence-corrected chi connectivity index (χ3v) is 4.81. The largest absolute Gasteiger partial charge is 0.497 e. The van der Waals surface area contributed by atoms with Gasteiger partial charge in [0.2, 0.25) is 0 Å². The number of hydrogen-bond acceptors (Lipinski definition) is 5. The molecule has 3 N–H and O–H groups in total. The second-order valence-corrected chi connectivity index (χ2v) is 6.62. The Morgan fingerprint density at radius 2 is 1.96 bits per heavy atom. The summed E-state index contributed by atoms with van der Waals surface area (Å²) in [5, 5.41) is 4.99. The van der Waals surface area contributed by atoms with Gasteiger partial charge in [0.05, 0.1) is 23.4 Å². The van der Waals surface area contributed by atoms with Crippen molar-refractivity contribution in [1.82, 2.24) is 16.3 Å². The van der Waals surface area contributed by atoms with E-state index in [2.05, 4.69) is 21.4 Å². The molecule has 1 aliphatic rings. The quantitative estimate of drug-likeness (QED) is 0.539. The number of carbonyl (C=O) groups is 1. The molecule has 0 aromatic heterocycles. The van der Waals surface area contributed by atoms with Crippen LogP contribution < -0.4 is 21.0 Å². The number of rotatable bonds is 5. The molecule has 0 radical (unpaired) electrons. The molecule has 0 spiro atoms. The highest BCUT2D eigenvalue weighted by molar-refractivity contribution is 6.42. The van der Waals surface area contributed by atoms with Crippen molar-refractivity contribution >= 4 is 35.3 Å². The maximum Gasteiger partial charge on any atom is 0.258 e. The van der Waals surface area contributed by atoms with Gasteiger partial charge in [-0.05, 0) is 53.9 Å². The van der Waals surface area contributed by atoms with Crippen molar-refractivity contribution in [2.24, 2.45) is 5.10 Å². The second kappa shape index (κ2) is 8.51. The summed E-state index contributed by atoms with van der Waals surface area (Å²) in [7, 11) is 1.61. The van der Waals surface area contributed by atoms with Gasteiger partial charge in [-0.3, -0.25) is 4.79 Å². The van der Waals surface area contributed by atoms with Gasteiger partial charge in [0.15, 0.2) is 0 Å². The van der Waals surface area contributed by atoms with Gasteiger partial charge < -0.3 is 4.74 Å². The average Bonchev–Trinajstić information content (AvgIpc) is 3.15. The van der Waals surface area contributed by atoms with E-state index in [0.29, 0.717) is 16.5 Å². The number of methoxy groups -OCH3 is 1. The van der Waals surface area contributed by atoms with Gasteiger partial charge in [0, 0.05) is 6.04 Å². The van der Waals surface area contributed by atoms with Gasteiger partial charge in [-0.15, -0.1) is 0 Å². The zero-order valence-electron chi connectivity index (χ0n) is 14.0. The van der Waals surface area contributed by atoms with E-state index in [-0.39, 0.29) is 11.9 Å². The summed E-state index contributed by atoms with van der Waals surface area (Å²) < 4.78 is 5.09. The van der Waals surface area contributed by atoms with Crippen LogP contribution in [0.5, 0.6) is 5.75 Å². The molecule has 1 heterocycles. The summed E-state index contributed by atoms with van der Waals surface area (Å²) in [4.78, 5) is 12.2. The topological polar surface area (TPSA) is 74.8 Å². The van der Waals surface area contributed by atoms with E-state index in [1.165, 1.54) is 0 Å². The molecule has 136 valence electrons. The smallest absolute Gasteiger partial charge is 0.258 e. The number of ether oxygens (including phenoxy) is 1. The Bertz CT molecular complexity index is 811. The number of hydrogen-bond donors (Lipinski definition) is 3. The summed E-state index contributed by atoms with van der Waals surface area (Å²) in [5.41, 5.74) is 10.4. The molecule has 0 bridgehead atoms. The number of nitrogens with zero attached hydrogens (tertiary/aromatic N) is 1. The Balaban J connectivity index is 1.53. The number of benzene rings is 2. The summed E-state index contributed by atoms with van der Waals surface area (Å²) in [6, 6.07) is 12.3. The highest BCUT2D eigenvalue weighted by Crippen LogP contribution is 2.28. The van der Waals surface area contributed by atoms with Crippen LogP contribution in [0.3, 0.4) is 0 Å². The van der Waals surface area contributed by atoms with Crippen LogP contribution in [-0.4, -0.2) is 25.3 Å². The van der Waals surface area contributed by atoms with Gasteiger partial charge in [-0.1, -0.05) is 29.3 Å². The van der Waals surface area contributed by atoms with Crippen LogP contribution in [0.25, 0.3) is 0 Å². The molecule has 2 aromatic carbocycles. The summed E-state index contributed by atoms with van der Waals surface area (Å²) >= 11 is 12.0. The van der Waals surface area contributed by atoms with Crippen molar-refractivity contribution in [3.05, 3.63) is 63.6 Å². The molecule has 2 aromatic rings. The molecule has 3 rings (SSSR count). The molecule has 2 unspecified atom stereocenters. The van der Waals surface area contributed by atoms with Crippen LogP contribution in [0, 0.1) is 0 Å². The summed E-state index contributed by atoms with van der Waals surface area (Å²) in [6.45, 7) is 0. The van der Waals surface area contributed by atoms with Crippen LogP contribution in [0.1, 0.15) is 23.6 Å². The van der Waals surface area contributed by atoms with Gasteiger partial charge in [0.25, 0.3) is 5.91 Å². The van der Waals surface area contributed by atoms with E-state index in [0.717, 1.165) is 16.9 Å². The Hall–Kier alpha value is -2.12. The van der Waals surface area contributed by atoms with Crippen LogP contribution >= 0.6 is 23.2 Å². The average molecular weight is 393 g/mol. The van der Waals surface area contributed by atoms with Crippen LogP contribution in [0.15, 0.2) is 47.6 Å². The molecule has 0 aliphatic carbocycles. The molecule has 1 aliphatic heterocycles. The lowest BCUT2D eigenvalue weighted by Crippen LogP contribution is -2.41. The molecule has 1 amide bonds.